The highest BCUT2D eigenvalue weighted by atomic mass is 79.9. The molecule has 0 spiro atoms. The van der Waals surface area contributed by atoms with Gasteiger partial charge in [0.25, 0.3) is 0 Å². The molecule has 0 radical (unpaired) electrons. The Labute approximate surface area is 225 Å². The van der Waals surface area contributed by atoms with Crippen molar-refractivity contribution in [3.05, 3.63) is 87.9 Å². The highest BCUT2D eigenvalue weighted by Gasteiger charge is 2.23. The van der Waals surface area contributed by atoms with Gasteiger partial charge in [-0.1, -0.05) is 69.9 Å². The summed E-state index contributed by atoms with van der Waals surface area (Å²) in [4.78, 5) is 12.9. The van der Waals surface area contributed by atoms with Gasteiger partial charge in [-0.05, 0) is 36.8 Å². The van der Waals surface area contributed by atoms with Crippen LogP contribution in [0.15, 0.2) is 81.2 Å². The van der Waals surface area contributed by atoms with Crippen LogP contribution in [0.3, 0.4) is 0 Å². The zero-order valence-corrected chi connectivity index (χ0v) is 22.7. The lowest BCUT2D eigenvalue weighted by atomic mass is 10.0. The number of nitrogens with one attached hydrogen (secondary N) is 2. The molecule has 37 heavy (non-hydrogen) atoms. The van der Waals surface area contributed by atoms with Crippen molar-refractivity contribution in [2.24, 2.45) is 5.10 Å². The molecule has 0 heterocycles. The minimum Gasteiger partial charge on any atom is -0.493 e. The van der Waals surface area contributed by atoms with Gasteiger partial charge < -0.3 is 9.47 Å². The molecule has 1 amide bonds. The Hall–Kier alpha value is -3.65. The normalized spacial score (nSPS) is 12.1. The van der Waals surface area contributed by atoms with Crippen molar-refractivity contribution < 1.29 is 22.7 Å². The van der Waals surface area contributed by atoms with Crippen LogP contribution >= 0.6 is 15.9 Å². The van der Waals surface area contributed by atoms with Crippen molar-refractivity contribution in [2.45, 2.75) is 24.3 Å². The third-order valence-corrected chi connectivity index (χ3v) is 7.13. The molecule has 0 unspecified atom stereocenters. The van der Waals surface area contributed by atoms with Crippen LogP contribution in [-0.2, 0) is 14.8 Å². The van der Waals surface area contributed by atoms with E-state index in [1.807, 2.05) is 13.0 Å². The summed E-state index contributed by atoms with van der Waals surface area (Å²) < 4.78 is 40.3. The molecule has 2 N–H and O–H groups in total. The van der Waals surface area contributed by atoms with E-state index >= 15 is 0 Å². The molecule has 0 saturated carbocycles. The average Bonchev–Trinajstić information content (AvgIpc) is 2.88. The number of rotatable bonds is 11. The minimum atomic E-state index is -3.88. The van der Waals surface area contributed by atoms with Gasteiger partial charge in [0, 0.05) is 16.5 Å². The molecule has 0 aliphatic heterocycles. The van der Waals surface area contributed by atoms with E-state index in [0.717, 1.165) is 5.56 Å². The third kappa shape index (κ3) is 7.92. The number of hydrogen-bond acceptors (Lipinski definition) is 6. The van der Waals surface area contributed by atoms with E-state index in [2.05, 4.69) is 37.1 Å². The number of carbonyl (C=O) groups excluding carboxylic acids is 1. The zero-order valence-electron chi connectivity index (χ0n) is 20.3. The van der Waals surface area contributed by atoms with Gasteiger partial charge in [-0.25, -0.2) is 18.6 Å². The maximum atomic E-state index is 13.0. The quantitative estimate of drug-likeness (QED) is 0.198. The van der Waals surface area contributed by atoms with Crippen molar-refractivity contribution in [1.29, 1.82) is 0 Å². The second kappa shape index (κ2) is 13.1. The minimum absolute atomic E-state index is 0.0189. The van der Waals surface area contributed by atoms with Gasteiger partial charge in [-0.2, -0.15) is 5.10 Å². The second-order valence-corrected chi connectivity index (χ2v) is 10.5. The molecule has 0 aromatic heterocycles. The van der Waals surface area contributed by atoms with Crippen LogP contribution in [0.1, 0.15) is 29.2 Å². The van der Waals surface area contributed by atoms with E-state index in [1.165, 1.54) is 25.5 Å². The summed E-state index contributed by atoms with van der Waals surface area (Å²) in [5.41, 5.74) is 4.54. The molecule has 0 aliphatic carbocycles. The van der Waals surface area contributed by atoms with Gasteiger partial charge in [-0.3, -0.25) is 4.79 Å². The van der Waals surface area contributed by atoms with E-state index in [0.29, 0.717) is 27.1 Å². The van der Waals surface area contributed by atoms with Crippen molar-refractivity contribution in [2.75, 3.05) is 13.7 Å². The Kier molecular flexibility index (Phi) is 9.85. The van der Waals surface area contributed by atoms with E-state index in [-0.39, 0.29) is 17.9 Å². The molecule has 0 bridgehead atoms. The van der Waals surface area contributed by atoms with Crippen LogP contribution in [0.2, 0.25) is 0 Å². The van der Waals surface area contributed by atoms with E-state index in [1.54, 1.807) is 48.5 Å². The molecule has 3 aromatic carbocycles. The molecule has 3 aromatic rings. The Bertz CT molecular complexity index is 1400. The molecule has 10 heteroatoms. The molecule has 1 atom stereocenters. The van der Waals surface area contributed by atoms with Crippen molar-refractivity contribution >= 4 is 38.1 Å². The van der Waals surface area contributed by atoms with Gasteiger partial charge in [-0.15, -0.1) is 6.42 Å². The molecular weight excluding hydrogens is 558 g/mol. The number of aryl methyl sites for hydroxylation is 1. The Morgan fingerprint density at radius 2 is 1.86 bits per heavy atom. The molecule has 0 fully saturated rings. The summed E-state index contributed by atoms with van der Waals surface area (Å²) >= 11 is 3.40. The first-order chi connectivity index (χ1) is 17.7. The molecule has 8 nitrogen and oxygen atoms in total. The highest BCUT2D eigenvalue weighted by molar-refractivity contribution is 9.10. The summed E-state index contributed by atoms with van der Waals surface area (Å²) in [5.74, 6) is 2.71. The van der Waals surface area contributed by atoms with E-state index in [4.69, 9.17) is 15.9 Å². The number of benzene rings is 3. The summed E-state index contributed by atoms with van der Waals surface area (Å²) in [7, 11) is -2.39. The van der Waals surface area contributed by atoms with E-state index < -0.39 is 22.0 Å². The third-order valence-electron chi connectivity index (χ3n) is 5.18. The van der Waals surface area contributed by atoms with Gasteiger partial charge >= 0.3 is 0 Å². The summed E-state index contributed by atoms with van der Waals surface area (Å²) in [5, 5.41) is 4.03. The first kappa shape index (κ1) is 27.9. The first-order valence-corrected chi connectivity index (χ1v) is 13.4. The van der Waals surface area contributed by atoms with Crippen molar-refractivity contribution in [1.82, 2.24) is 10.1 Å². The molecule has 0 saturated heterocycles. The number of carbonyl (C=O) groups is 1. The lowest BCUT2D eigenvalue weighted by Crippen LogP contribution is -2.32. The number of halogens is 1. The highest BCUT2D eigenvalue weighted by Crippen LogP contribution is 2.34. The van der Waals surface area contributed by atoms with Crippen LogP contribution in [0.25, 0.3) is 0 Å². The number of terminal acetylenes is 1. The summed E-state index contributed by atoms with van der Waals surface area (Å²) in [6.45, 7) is 1.89. The van der Waals surface area contributed by atoms with Gasteiger partial charge in [0.1, 0.15) is 6.61 Å². The number of sulfonamides is 1. The van der Waals surface area contributed by atoms with Crippen LogP contribution in [0, 0.1) is 19.3 Å². The Balaban J connectivity index is 1.78. The molecule has 3 rings (SSSR count). The SMILES string of the molecule is C#CCOc1c(/C=N\NC(=O)C[C@H](NS(=O)(=O)c2ccc(C)cc2)c2ccccc2)cc(Br)cc1OC. The van der Waals surface area contributed by atoms with Gasteiger partial charge in [0.05, 0.1) is 24.3 Å². The van der Waals surface area contributed by atoms with Crippen LogP contribution in [0.4, 0.5) is 0 Å². The number of hydrogen-bond donors (Lipinski definition) is 2. The molecule has 0 aliphatic rings. The molecule has 192 valence electrons. The monoisotopic (exact) mass is 583 g/mol. The summed E-state index contributed by atoms with van der Waals surface area (Å²) in [6, 6.07) is 18.0. The van der Waals surface area contributed by atoms with Crippen molar-refractivity contribution in [3.8, 4) is 23.8 Å². The number of hydrazone groups is 1. The summed E-state index contributed by atoms with van der Waals surface area (Å²) in [6.07, 6.45) is 6.51. The second-order valence-electron chi connectivity index (χ2n) is 7.91. The van der Waals surface area contributed by atoms with Crippen molar-refractivity contribution in [3.63, 3.8) is 0 Å². The standard InChI is InChI=1S/C27H26BrN3O5S/c1-4-14-36-27-21(15-22(28)16-25(27)35-3)18-29-30-26(32)17-24(20-8-6-5-7-9-20)31-37(33,34)23-12-10-19(2)11-13-23/h1,5-13,15-16,18,24,31H,14,17H2,2-3H3,(H,30,32)/b29-18-/t24-/m0/s1. The Morgan fingerprint density at radius 1 is 1.16 bits per heavy atom. The van der Waals surface area contributed by atoms with Crippen LogP contribution in [0.5, 0.6) is 11.5 Å². The lowest BCUT2D eigenvalue weighted by Gasteiger charge is -2.18. The van der Waals surface area contributed by atoms with Gasteiger partial charge in [0.2, 0.25) is 15.9 Å². The van der Waals surface area contributed by atoms with E-state index in [9.17, 15) is 13.2 Å². The maximum absolute atomic E-state index is 13.0. The number of methoxy groups -OCH3 is 1. The topological polar surface area (TPSA) is 106 Å². The fraction of sp³-hybridized carbons (Fsp3) is 0.185. The Morgan fingerprint density at radius 3 is 2.51 bits per heavy atom. The fourth-order valence-corrected chi connectivity index (χ4v) is 5.07. The van der Waals surface area contributed by atoms with Crippen LogP contribution < -0.4 is 19.6 Å². The zero-order chi connectivity index (χ0) is 26.8. The molecular formula is C27H26BrN3O5S. The average molecular weight is 584 g/mol. The van der Waals surface area contributed by atoms with Crippen LogP contribution in [-0.4, -0.2) is 34.3 Å². The smallest absolute Gasteiger partial charge is 0.242 e. The predicted molar refractivity (Wildman–Crippen MR) is 146 cm³/mol. The lowest BCUT2D eigenvalue weighted by molar-refractivity contribution is -0.121. The fourth-order valence-electron chi connectivity index (χ4n) is 3.40. The predicted octanol–water partition coefficient (Wildman–Crippen LogP) is 4.34. The number of amides is 1. The number of ether oxygens (including phenoxy) is 2. The maximum Gasteiger partial charge on any atom is 0.242 e. The first-order valence-electron chi connectivity index (χ1n) is 11.1. The largest absolute Gasteiger partial charge is 0.493 e. The van der Waals surface area contributed by atoms with Gasteiger partial charge in [0.15, 0.2) is 11.5 Å². The number of nitrogens with zero attached hydrogens (tertiary/aromatic N) is 1.